The Balaban J connectivity index is 0.00000200. The molecule has 0 amide bonds. The fraction of sp³-hybridized carbons (Fsp3) is 0.176. The third-order valence-corrected chi connectivity index (χ3v) is 2.83. The van der Waals surface area contributed by atoms with Crippen molar-refractivity contribution < 1.29 is 4.74 Å². The van der Waals surface area contributed by atoms with Crippen molar-refractivity contribution >= 4 is 12.4 Å². The van der Waals surface area contributed by atoms with Crippen molar-refractivity contribution in [1.29, 1.82) is 0 Å². The molecule has 0 heterocycles. The Labute approximate surface area is 126 Å². The summed E-state index contributed by atoms with van der Waals surface area (Å²) in [5.41, 5.74) is 8.29. The molecule has 0 aromatic heterocycles. The first kappa shape index (κ1) is 16.3. The van der Waals surface area contributed by atoms with Gasteiger partial charge in [0.2, 0.25) is 0 Å². The molecule has 0 unspecified atom stereocenters. The van der Waals surface area contributed by atoms with Crippen molar-refractivity contribution in [2.24, 2.45) is 5.73 Å². The van der Waals surface area contributed by atoms with Gasteiger partial charge in [0.05, 0.1) is 0 Å². The summed E-state index contributed by atoms with van der Waals surface area (Å²) in [5, 5.41) is 0. The molecule has 3 heteroatoms. The van der Waals surface area contributed by atoms with Crippen molar-refractivity contribution in [3.63, 3.8) is 0 Å². The van der Waals surface area contributed by atoms with E-state index >= 15 is 0 Å². The lowest BCUT2D eigenvalue weighted by Crippen LogP contribution is -2.10. The molecule has 0 aliphatic carbocycles. The Morgan fingerprint density at radius 3 is 2.40 bits per heavy atom. The Morgan fingerprint density at radius 1 is 1.10 bits per heavy atom. The summed E-state index contributed by atoms with van der Waals surface area (Å²) in [6.45, 7) is 5.89. The normalized spacial score (nSPS) is 11.3. The van der Waals surface area contributed by atoms with Crippen molar-refractivity contribution in [2.45, 2.75) is 19.4 Å². The van der Waals surface area contributed by atoms with Gasteiger partial charge in [-0.05, 0) is 43.2 Å². The molecule has 0 saturated heterocycles. The van der Waals surface area contributed by atoms with Crippen LogP contribution in [-0.4, -0.2) is 0 Å². The fourth-order valence-electron chi connectivity index (χ4n) is 1.93. The summed E-state index contributed by atoms with van der Waals surface area (Å²) in [5.74, 6) is 1.63. The van der Waals surface area contributed by atoms with Crippen LogP contribution in [0.2, 0.25) is 0 Å². The van der Waals surface area contributed by atoms with E-state index in [1.165, 1.54) is 0 Å². The van der Waals surface area contributed by atoms with Crippen LogP contribution in [0, 0.1) is 0 Å². The number of ether oxygens (including phenoxy) is 1. The zero-order valence-electron chi connectivity index (χ0n) is 11.6. The van der Waals surface area contributed by atoms with E-state index in [0.29, 0.717) is 0 Å². The van der Waals surface area contributed by atoms with Crippen LogP contribution < -0.4 is 10.5 Å². The SMILES string of the molecule is C=C(C)C[C@H](N)c1cccc(Oc2ccccc2)c1.Cl. The highest BCUT2D eigenvalue weighted by Crippen LogP contribution is 2.25. The molecule has 2 rings (SSSR count). The monoisotopic (exact) mass is 289 g/mol. The fourth-order valence-corrected chi connectivity index (χ4v) is 1.93. The van der Waals surface area contributed by atoms with Crippen molar-refractivity contribution in [2.75, 3.05) is 0 Å². The van der Waals surface area contributed by atoms with Crippen LogP contribution in [0.4, 0.5) is 0 Å². The molecule has 1 atom stereocenters. The molecule has 0 aliphatic heterocycles. The molecule has 0 fully saturated rings. The van der Waals surface area contributed by atoms with Crippen LogP contribution in [0.25, 0.3) is 0 Å². The minimum Gasteiger partial charge on any atom is -0.457 e. The number of hydrogen-bond acceptors (Lipinski definition) is 2. The third-order valence-electron chi connectivity index (χ3n) is 2.83. The van der Waals surface area contributed by atoms with Gasteiger partial charge in [-0.2, -0.15) is 0 Å². The number of rotatable bonds is 5. The van der Waals surface area contributed by atoms with Crippen molar-refractivity contribution in [1.82, 2.24) is 0 Å². The second-order valence-corrected chi connectivity index (χ2v) is 4.76. The van der Waals surface area contributed by atoms with Crippen LogP contribution in [0.3, 0.4) is 0 Å². The molecule has 2 N–H and O–H groups in total. The standard InChI is InChI=1S/C17H19NO.ClH/c1-13(2)11-17(18)14-7-6-10-16(12-14)19-15-8-4-3-5-9-15;/h3-10,12,17H,1,11,18H2,2H3;1H/t17-;/m0./s1. The van der Waals surface area contributed by atoms with Gasteiger partial charge in [-0.25, -0.2) is 0 Å². The van der Waals surface area contributed by atoms with Gasteiger partial charge in [-0.3, -0.25) is 0 Å². The predicted octanol–water partition coefficient (Wildman–Crippen LogP) is 4.87. The largest absolute Gasteiger partial charge is 0.457 e. The molecule has 2 aromatic rings. The Hall–Kier alpha value is -1.77. The van der Waals surface area contributed by atoms with E-state index in [9.17, 15) is 0 Å². The molecule has 0 radical (unpaired) electrons. The Bertz CT molecular complexity index is 554. The second kappa shape index (κ2) is 7.73. The maximum atomic E-state index is 6.14. The summed E-state index contributed by atoms with van der Waals surface area (Å²) >= 11 is 0. The lowest BCUT2D eigenvalue weighted by molar-refractivity contribution is 0.481. The quantitative estimate of drug-likeness (QED) is 0.797. The zero-order valence-corrected chi connectivity index (χ0v) is 12.4. The van der Waals surface area contributed by atoms with Gasteiger partial charge in [0.1, 0.15) is 11.5 Å². The zero-order chi connectivity index (χ0) is 13.7. The smallest absolute Gasteiger partial charge is 0.127 e. The van der Waals surface area contributed by atoms with Gasteiger partial charge in [0, 0.05) is 6.04 Å². The minimum absolute atomic E-state index is 0. The van der Waals surface area contributed by atoms with E-state index in [4.69, 9.17) is 10.5 Å². The summed E-state index contributed by atoms with van der Waals surface area (Å²) < 4.78 is 5.80. The molecule has 0 saturated carbocycles. The molecule has 2 aromatic carbocycles. The lowest BCUT2D eigenvalue weighted by atomic mass is 10.0. The van der Waals surface area contributed by atoms with Gasteiger partial charge < -0.3 is 10.5 Å². The molecule has 0 spiro atoms. The van der Waals surface area contributed by atoms with Gasteiger partial charge in [-0.1, -0.05) is 35.9 Å². The third kappa shape index (κ3) is 4.72. The molecule has 2 nitrogen and oxygen atoms in total. The average molecular weight is 290 g/mol. The van der Waals surface area contributed by atoms with Crippen LogP contribution in [0.15, 0.2) is 66.7 Å². The number of nitrogens with two attached hydrogens (primary N) is 1. The minimum atomic E-state index is -0.0307. The van der Waals surface area contributed by atoms with Gasteiger partial charge in [0.15, 0.2) is 0 Å². The molecule has 0 bridgehead atoms. The molecular weight excluding hydrogens is 270 g/mol. The maximum Gasteiger partial charge on any atom is 0.127 e. The second-order valence-electron chi connectivity index (χ2n) is 4.76. The number of para-hydroxylation sites is 1. The van der Waals surface area contributed by atoms with Crippen LogP contribution in [-0.2, 0) is 0 Å². The predicted molar refractivity (Wildman–Crippen MR) is 86.6 cm³/mol. The van der Waals surface area contributed by atoms with E-state index in [1.807, 2.05) is 61.5 Å². The number of halogens is 1. The average Bonchev–Trinajstić information content (AvgIpc) is 2.39. The first-order valence-electron chi connectivity index (χ1n) is 6.38. The van der Waals surface area contributed by atoms with Gasteiger partial charge in [0.25, 0.3) is 0 Å². The van der Waals surface area contributed by atoms with Crippen molar-refractivity contribution in [3.8, 4) is 11.5 Å². The summed E-state index contributed by atoms with van der Waals surface area (Å²) in [7, 11) is 0. The van der Waals surface area contributed by atoms with E-state index in [2.05, 4.69) is 6.58 Å². The Morgan fingerprint density at radius 2 is 1.75 bits per heavy atom. The van der Waals surface area contributed by atoms with E-state index < -0.39 is 0 Å². The van der Waals surface area contributed by atoms with Crippen LogP contribution >= 0.6 is 12.4 Å². The lowest BCUT2D eigenvalue weighted by Gasteiger charge is -2.13. The van der Waals surface area contributed by atoms with E-state index in [0.717, 1.165) is 29.1 Å². The first-order valence-corrected chi connectivity index (χ1v) is 6.38. The van der Waals surface area contributed by atoms with E-state index in [-0.39, 0.29) is 18.4 Å². The topological polar surface area (TPSA) is 35.2 Å². The highest BCUT2D eigenvalue weighted by molar-refractivity contribution is 5.85. The Kier molecular flexibility index (Phi) is 6.29. The van der Waals surface area contributed by atoms with E-state index in [1.54, 1.807) is 0 Å². The number of hydrogen-bond donors (Lipinski definition) is 1. The summed E-state index contributed by atoms with van der Waals surface area (Å²) in [4.78, 5) is 0. The molecule has 106 valence electrons. The summed E-state index contributed by atoms with van der Waals surface area (Å²) in [6, 6.07) is 17.6. The molecular formula is C17H20ClNO. The maximum absolute atomic E-state index is 6.14. The van der Waals surface area contributed by atoms with Gasteiger partial charge >= 0.3 is 0 Å². The highest BCUT2D eigenvalue weighted by Gasteiger charge is 2.07. The van der Waals surface area contributed by atoms with Crippen molar-refractivity contribution in [3.05, 3.63) is 72.3 Å². The van der Waals surface area contributed by atoms with Crippen LogP contribution in [0.5, 0.6) is 11.5 Å². The summed E-state index contributed by atoms with van der Waals surface area (Å²) in [6.07, 6.45) is 0.786. The highest BCUT2D eigenvalue weighted by atomic mass is 35.5. The van der Waals surface area contributed by atoms with Gasteiger partial charge in [-0.15, -0.1) is 19.0 Å². The molecule has 0 aliphatic rings. The number of benzene rings is 2. The van der Waals surface area contributed by atoms with Crippen LogP contribution in [0.1, 0.15) is 24.9 Å². The molecule has 20 heavy (non-hydrogen) atoms. The first-order chi connectivity index (χ1) is 9.15.